The molecule has 0 aliphatic carbocycles. The topological polar surface area (TPSA) is 183 Å². The standard InChI is InChI=1S/C24H27N6O7.Y/c1-14-3-2-4-17(21(14)34)18(8-20(32)33)30-19(31)11-26-22(35)15-7-16(10-25-9-15)29-23-27-12-24(13-28-23)36-5-6-37-24;/h3-4,7,9-10,18,34H,5-6,8,11-13H2,1H3,(H,26,35)(H,30,31)(H,32,33)(H2,27,28,29);/q-1;+3. The van der Waals surface area contributed by atoms with Crippen LogP contribution < -0.4 is 21.3 Å². The normalized spacial score (nSPS) is 16.4. The first kappa shape index (κ1) is 29.4. The van der Waals surface area contributed by atoms with E-state index in [2.05, 4.69) is 37.3 Å². The number of nitrogens with one attached hydrogen (secondary N) is 4. The van der Waals surface area contributed by atoms with Crippen LogP contribution in [0.4, 0.5) is 5.69 Å². The second-order valence-electron chi connectivity index (χ2n) is 8.56. The molecule has 0 bridgehead atoms. The van der Waals surface area contributed by atoms with E-state index in [0.29, 0.717) is 43.5 Å². The number of aromatic hydroxyl groups is 1. The van der Waals surface area contributed by atoms with Crippen LogP contribution in [0, 0.1) is 13.0 Å². The first-order valence-electron chi connectivity index (χ1n) is 11.5. The van der Waals surface area contributed by atoms with E-state index in [4.69, 9.17) is 9.47 Å². The number of aromatic nitrogens is 1. The van der Waals surface area contributed by atoms with Crippen molar-refractivity contribution in [2.24, 2.45) is 4.99 Å². The van der Waals surface area contributed by atoms with Gasteiger partial charge in [0.05, 0.1) is 56.7 Å². The van der Waals surface area contributed by atoms with Gasteiger partial charge in [-0.15, -0.1) is 5.56 Å². The number of hydrogen-bond donors (Lipinski definition) is 6. The predicted molar refractivity (Wildman–Crippen MR) is 130 cm³/mol. The van der Waals surface area contributed by atoms with Gasteiger partial charge >= 0.3 is 38.7 Å². The Bertz CT molecular complexity index is 1220. The van der Waals surface area contributed by atoms with E-state index in [1.807, 2.05) is 0 Å². The number of aliphatic imine (C=N–C) groups is 1. The number of phenolic OH excluding ortho intramolecular Hbond substituents is 1. The van der Waals surface area contributed by atoms with Gasteiger partial charge in [0.1, 0.15) is 0 Å². The maximum atomic E-state index is 12.6. The fourth-order valence-corrected chi connectivity index (χ4v) is 3.88. The van der Waals surface area contributed by atoms with Gasteiger partial charge in [0.25, 0.3) is 5.91 Å². The van der Waals surface area contributed by atoms with Gasteiger partial charge < -0.3 is 41.0 Å². The molecule has 14 heteroatoms. The number of aryl methyl sites for hydroxylation is 1. The average Bonchev–Trinajstić information content (AvgIpc) is 3.33. The van der Waals surface area contributed by atoms with E-state index < -0.39 is 42.6 Å². The number of amides is 2. The average molecular weight is 600 g/mol. The molecule has 0 radical (unpaired) electrons. The van der Waals surface area contributed by atoms with Gasteiger partial charge in [-0.05, 0) is 6.07 Å². The Morgan fingerprint density at radius 2 is 2.00 bits per heavy atom. The summed E-state index contributed by atoms with van der Waals surface area (Å²) in [5, 5.41) is 30.7. The van der Waals surface area contributed by atoms with E-state index in [1.165, 1.54) is 18.5 Å². The maximum absolute atomic E-state index is 12.6. The van der Waals surface area contributed by atoms with Crippen LogP contribution in [-0.2, 0) is 51.8 Å². The van der Waals surface area contributed by atoms with E-state index in [9.17, 15) is 24.6 Å². The number of pyridine rings is 1. The van der Waals surface area contributed by atoms with Crippen molar-refractivity contribution >= 4 is 29.4 Å². The Morgan fingerprint density at radius 1 is 1.24 bits per heavy atom. The number of anilines is 1. The van der Waals surface area contributed by atoms with Crippen LogP contribution in [0.25, 0.3) is 0 Å². The minimum Gasteiger partial charge on any atom is -0.533 e. The third kappa shape index (κ3) is 7.47. The summed E-state index contributed by atoms with van der Waals surface area (Å²) in [5.41, 5.74) is 1.41. The molecule has 1 spiro atoms. The molecule has 1 saturated heterocycles. The van der Waals surface area contributed by atoms with Gasteiger partial charge in [-0.2, -0.15) is 18.2 Å². The molecule has 1 atom stereocenters. The van der Waals surface area contributed by atoms with Gasteiger partial charge in [0, 0.05) is 18.0 Å². The third-order valence-corrected chi connectivity index (χ3v) is 5.76. The van der Waals surface area contributed by atoms with Gasteiger partial charge in [0.2, 0.25) is 11.7 Å². The zero-order chi connectivity index (χ0) is 26.4. The smallest absolute Gasteiger partial charge is 0.533 e. The number of nitrogens with zero attached hydrogens (tertiary/aromatic N) is 2. The molecule has 1 aromatic carbocycles. The van der Waals surface area contributed by atoms with E-state index >= 15 is 0 Å². The molecule has 4 rings (SSSR count). The molecule has 0 saturated carbocycles. The second-order valence-corrected chi connectivity index (χ2v) is 8.56. The molecule has 196 valence electrons. The summed E-state index contributed by atoms with van der Waals surface area (Å²) < 4.78 is 11.2. The fourth-order valence-electron chi connectivity index (χ4n) is 3.88. The molecule has 1 unspecified atom stereocenters. The minimum absolute atomic E-state index is 0. The summed E-state index contributed by atoms with van der Waals surface area (Å²) in [5.74, 6) is -2.75. The summed E-state index contributed by atoms with van der Waals surface area (Å²) in [7, 11) is 0. The second kappa shape index (κ2) is 13.1. The first-order valence-corrected chi connectivity index (χ1v) is 11.5. The van der Waals surface area contributed by atoms with Gasteiger partial charge in [-0.3, -0.25) is 19.4 Å². The maximum Gasteiger partial charge on any atom is 3.00 e. The van der Waals surface area contributed by atoms with E-state index in [-0.39, 0.29) is 49.6 Å². The molecule has 6 N–H and O–H groups in total. The molecule has 38 heavy (non-hydrogen) atoms. The molecule has 1 aromatic heterocycles. The molecular weight excluding hydrogens is 573 g/mol. The number of guanidine groups is 1. The number of rotatable bonds is 8. The van der Waals surface area contributed by atoms with Crippen molar-refractivity contribution in [3.05, 3.63) is 53.3 Å². The Kier molecular flexibility index (Phi) is 10.1. The molecule has 2 aliphatic rings. The molecule has 3 heterocycles. The Morgan fingerprint density at radius 3 is 2.68 bits per heavy atom. The number of carbonyl (C=O) groups excluding carboxylic acids is 2. The van der Waals surface area contributed by atoms with Gasteiger partial charge in [-0.25, -0.2) is 4.99 Å². The first-order chi connectivity index (χ1) is 17.7. The summed E-state index contributed by atoms with van der Waals surface area (Å²) in [6.07, 6.45) is 2.40. The summed E-state index contributed by atoms with van der Waals surface area (Å²) in [6, 6.07) is 6.30. The van der Waals surface area contributed by atoms with Gasteiger partial charge in [-0.1, -0.05) is 12.5 Å². The molecule has 2 aliphatic heterocycles. The zero-order valence-electron chi connectivity index (χ0n) is 20.6. The Labute approximate surface area is 243 Å². The number of aliphatic carboxylic acids is 1. The van der Waals surface area contributed by atoms with Crippen LogP contribution in [0.2, 0.25) is 0 Å². The number of benzene rings is 1. The number of carbonyl (C=O) groups is 3. The zero-order valence-corrected chi connectivity index (χ0v) is 23.5. The number of carboxylic acid groups (broad SMARTS) is 1. The van der Waals surface area contributed by atoms with Crippen molar-refractivity contribution in [1.29, 1.82) is 0 Å². The molecular formula is C24H27N6O7Y+2. The van der Waals surface area contributed by atoms with Crippen molar-refractivity contribution in [3.63, 3.8) is 0 Å². The molecule has 2 amide bonds. The molecule has 2 aromatic rings. The van der Waals surface area contributed by atoms with Crippen LogP contribution in [0.15, 0.2) is 35.6 Å². The number of ether oxygens (including phenoxy) is 2. The van der Waals surface area contributed by atoms with Crippen LogP contribution in [0.1, 0.15) is 33.9 Å². The third-order valence-electron chi connectivity index (χ3n) is 5.76. The van der Waals surface area contributed by atoms with Crippen LogP contribution in [0.5, 0.6) is 5.75 Å². The van der Waals surface area contributed by atoms with Crippen molar-refractivity contribution in [3.8, 4) is 5.75 Å². The summed E-state index contributed by atoms with van der Waals surface area (Å²) in [4.78, 5) is 44.8. The minimum atomic E-state index is -1.17. The predicted octanol–water partition coefficient (Wildman–Crippen LogP) is 0.0695. The van der Waals surface area contributed by atoms with Crippen molar-refractivity contribution in [1.82, 2.24) is 20.9 Å². The fraction of sp³-hybridized carbons (Fsp3) is 0.375. The van der Waals surface area contributed by atoms with Crippen LogP contribution >= 0.6 is 0 Å². The largest absolute Gasteiger partial charge is 3.00 e. The Balaban J connectivity index is 0.00000400. The van der Waals surface area contributed by atoms with Crippen molar-refractivity contribution < 1.29 is 66.8 Å². The van der Waals surface area contributed by atoms with E-state index in [1.54, 1.807) is 19.1 Å². The number of phenols is 1. The SMILES string of the molecule is Cc1c[c-]cc(C(CC(=O)O)NC(=O)CNC(=O)c2cncc(NC3=NCC4(CN3)OCCO4)c2)c1O.[Y+3]. The van der Waals surface area contributed by atoms with Crippen molar-refractivity contribution in [2.75, 3.05) is 38.2 Å². The Hall–Kier alpha value is -3.13. The van der Waals surface area contributed by atoms with Crippen LogP contribution in [0.3, 0.4) is 0 Å². The number of hydrogen-bond acceptors (Lipinski definition) is 10. The monoisotopic (exact) mass is 600 g/mol. The summed E-state index contributed by atoms with van der Waals surface area (Å²) >= 11 is 0. The van der Waals surface area contributed by atoms with Crippen LogP contribution in [-0.4, -0.2) is 77.6 Å². The number of carboxylic acids is 1. The van der Waals surface area contributed by atoms with E-state index in [0.717, 1.165) is 0 Å². The summed E-state index contributed by atoms with van der Waals surface area (Å²) in [6.45, 7) is 3.00. The van der Waals surface area contributed by atoms with Crippen molar-refractivity contribution in [2.45, 2.75) is 25.2 Å². The van der Waals surface area contributed by atoms with Gasteiger partial charge in [0.15, 0.2) is 5.96 Å². The quantitative estimate of drug-likeness (QED) is 0.227. The molecule has 13 nitrogen and oxygen atoms in total. The molecule has 1 fully saturated rings.